The molecule has 30 heavy (non-hydrogen) atoms. The first kappa shape index (κ1) is 22.9. The highest BCUT2D eigenvalue weighted by Gasteiger charge is 2.38. The molecule has 6 heteroatoms. The Morgan fingerprint density at radius 3 is 2.70 bits per heavy atom. The van der Waals surface area contributed by atoms with E-state index in [-0.39, 0.29) is 23.0 Å². The number of nitrogens with one attached hydrogen (secondary N) is 1. The normalized spacial score (nSPS) is 21.5. The first-order valence-electron chi connectivity index (χ1n) is 10.9. The molecule has 2 N–H and O–H groups in total. The van der Waals surface area contributed by atoms with Crippen LogP contribution in [0.2, 0.25) is 0 Å². The molecule has 5 nitrogen and oxygen atoms in total. The summed E-state index contributed by atoms with van der Waals surface area (Å²) >= 11 is 0. The van der Waals surface area contributed by atoms with Crippen LogP contribution >= 0.6 is 0 Å². The minimum atomic E-state index is -3.13. The molecular formula is C24H35NO4S. The lowest BCUT2D eigenvalue weighted by molar-refractivity contribution is 0.264. The van der Waals surface area contributed by atoms with Gasteiger partial charge in [-0.2, -0.15) is 0 Å². The summed E-state index contributed by atoms with van der Waals surface area (Å²) in [7, 11) is -3.13. The Labute approximate surface area is 181 Å². The van der Waals surface area contributed by atoms with Crippen LogP contribution in [0, 0.1) is 5.92 Å². The van der Waals surface area contributed by atoms with Crippen molar-refractivity contribution in [2.45, 2.75) is 71.1 Å². The van der Waals surface area contributed by atoms with Gasteiger partial charge in [-0.25, -0.2) is 13.1 Å². The molecule has 1 aromatic rings. The third-order valence-electron chi connectivity index (χ3n) is 6.61. The molecule has 1 aliphatic carbocycles. The van der Waals surface area contributed by atoms with Gasteiger partial charge in [-0.3, -0.25) is 0 Å². The quantitative estimate of drug-likeness (QED) is 0.440. The smallest absolute Gasteiger partial charge is 0.211 e. The maximum atomic E-state index is 11.5. The van der Waals surface area contributed by atoms with Crippen LogP contribution in [0.3, 0.4) is 0 Å². The van der Waals surface area contributed by atoms with Gasteiger partial charge in [0.25, 0.3) is 0 Å². The summed E-state index contributed by atoms with van der Waals surface area (Å²) in [5.74, 6) is 2.37. The Morgan fingerprint density at radius 1 is 1.27 bits per heavy atom. The molecular weight excluding hydrogens is 398 g/mol. The van der Waals surface area contributed by atoms with Crippen LogP contribution in [-0.2, 0) is 15.4 Å². The molecule has 0 spiro atoms. The van der Waals surface area contributed by atoms with Gasteiger partial charge < -0.3 is 9.84 Å². The van der Waals surface area contributed by atoms with Gasteiger partial charge in [-0.05, 0) is 62.6 Å². The monoisotopic (exact) mass is 433 g/mol. The summed E-state index contributed by atoms with van der Waals surface area (Å²) in [5, 5.41) is 10.9. The lowest BCUT2D eigenvalue weighted by atomic mass is 9.72. The van der Waals surface area contributed by atoms with Gasteiger partial charge in [-0.1, -0.05) is 38.5 Å². The molecule has 2 unspecified atom stereocenters. The van der Waals surface area contributed by atoms with Crippen LogP contribution in [0.1, 0.15) is 76.8 Å². The molecule has 0 amide bonds. The Bertz CT molecular complexity index is 946. The fraction of sp³-hybridized carbons (Fsp3) is 0.583. The lowest BCUT2D eigenvalue weighted by Crippen LogP contribution is -2.27. The zero-order valence-electron chi connectivity index (χ0n) is 18.6. The first-order chi connectivity index (χ1) is 14.0. The number of sulfonamides is 1. The summed E-state index contributed by atoms with van der Waals surface area (Å²) < 4.78 is 31.8. The van der Waals surface area contributed by atoms with Gasteiger partial charge in [0.2, 0.25) is 10.0 Å². The summed E-state index contributed by atoms with van der Waals surface area (Å²) in [4.78, 5) is 0. The largest absolute Gasteiger partial charge is 0.508 e. The van der Waals surface area contributed by atoms with E-state index in [4.69, 9.17) is 4.74 Å². The van der Waals surface area contributed by atoms with E-state index in [1.165, 1.54) is 5.57 Å². The maximum absolute atomic E-state index is 11.5. The molecule has 0 saturated carbocycles. The SMILES string of the molecule is C=C1Oc2cc(C(C)(C)CCCCNS(=O)(=O)CC)cc(O)c2C2CC(C)=CCC12. The molecule has 2 aliphatic rings. The molecule has 0 radical (unpaired) electrons. The molecule has 1 aliphatic heterocycles. The predicted molar refractivity (Wildman–Crippen MR) is 121 cm³/mol. The Kier molecular flexibility index (Phi) is 6.68. The predicted octanol–water partition coefficient (Wildman–Crippen LogP) is 5.13. The molecule has 3 rings (SSSR count). The third-order valence-corrected chi connectivity index (χ3v) is 8.01. The van der Waals surface area contributed by atoms with Gasteiger partial charge in [0.05, 0.1) is 5.75 Å². The van der Waals surface area contributed by atoms with Crippen molar-refractivity contribution in [1.82, 2.24) is 4.72 Å². The Morgan fingerprint density at radius 2 is 2.00 bits per heavy atom. The van der Waals surface area contributed by atoms with Gasteiger partial charge in [0.1, 0.15) is 17.3 Å². The van der Waals surface area contributed by atoms with E-state index in [0.717, 1.165) is 54.7 Å². The van der Waals surface area contributed by atoms with Gasteiger partial charge in [0, 0.05) is 23.9 Å². The average Bonchev–Trinajstić information content (AvgIpc) is 2.67. The molecule has 0 aromatic heterocycles. The van der Waals surface area contributed by atoms with Crippen molar-refractivity contribution in [2.75, 3.05) is 12.3 Å². The molecule has 1 aromatic carbocycles. The number of hydrogen-bond donors (Lipinski definition) is 2. The minimum Gasteiger partial charge on any atom is -0.508 e. The van der Waals surface area contributed by atoms with Crippen molar-refractivity contribution < 1.29 is 18.3 Å². The van der Waals surface area contributed by atoms with E-state index < -0.39 is 10.0 Å². The van der Waals surface area contributed by atoms with E-state index in [0.29, 0.717) is 12.3 Å². The number of benzene rings is 1. The summed E-state index contributed by atoms with van der Waals surface area (Å²) in [5.41, 5.74) is 3.12. The van der Waals surface area contributed by atoms with Crippen LogP contribution in [0.25, 0.3) is 0 Å². The maximum Gasteiger partial charge on any atom is 0.211 e. The Balaban J connectivity index is 1.73. The van der Waals surface area contributed by atoms with Crippen LogP contribution in [0.5, 0.6) is 11.5 Å². The van der Waals surface area contributed by atoms with Crippen LogP contribution in [0.15, 0.2) is 36.1 Å². The van der Waals surface area contributed by atoms with Crippen molar-refractivity contribution in [1.29, 1.82) is 0 Å². The highest BCUT2D eigenvalue weighted by molar-refractivity contribution is 7.89. The minimum absolute atomic E-state index is 0.107. The van der Waals surface area contributed by atoms with Crippen molar-refractivity contribution >= 4 is 10.0 Å². The molecule has 0 fully saturated rings. The van der Waals surface area contributed by atoms with Gasteiger partial charge in [0.15, 0.2) is 0 Å². The highest BCUT2D eigenvalue weighted by atomic mass is 32.2. The number of allylic oxidation sites excluding steroid dienone is 3. The average molecular weight is 434 g/mol. The summed E-state index contributed by atoms with van der Waals surface area (Å²) in [6.07, 6.45) is 6.62. The van der Waals surface area contributed by atoms with Crippen molar-refractivity contribution in [3.05, 3.63) is 47.2 Å². The van der Waals surface area contributed by atoms with Crippen molar-refractivity contribution in [3.63, 3.8) is 0 Å². The van der Waals surface area contributed by atoms with E-state index >= 15 is 0 Å². The fourth-order valence-corrected chi connectivity index (χ4v) is 5.23. The number of hydrogen-bond acceptors (Lipinski definition) is 4. The highest BCUT2D eigenvalue weighted by Crippen LogP contribution is 2.52. The number of phenols is 1. The van der Waals surface area contributed by atoms with Gasteiger partial charge in [-0.15, -0.1) is 0 Å². The van der Waals surface area contributed by atoms with Crippen LogP contribution in [0.4, 0.5) is 0 Å². The number of phenolic OH excluding ortho intramolecular Hbond substituents is 1. The Hall–Kier alpha value is -1.79. The fourth-order valence-electron chi connectivity index (χ4n) is 4.57. The third kappa shape index (κ3) is 4.92. The standard InChI is InChI=1S/C24H35NO4S/c1-6-30(27,28)25-12-8-7-11-24(4,5)18-14-21(26)23-20-13-16(2)9-10-19(20)17(3)29-22(23)15-18/h9,14-15,19-20,25-26H,3,6-8,10-13H2,1-2,4-5H3. The van der Waals surface area contributed by atoms with Crippen molar-refractivity contribution in [2.24, 2.45) is 5.92 Å². The van der Waals surface area contributed by atoms with Crippen LogP contribution < -0.4 is 9.46 Å². The van der Waals surface area contributed by atoms with E-state index in [1.807, 2.05) is 6.07 Å². The number of rotatable bonds is 8. The molecule has 166 valence electrons. The topological polar surface area (TPSA) is 75.6 Å². The number of unbranched alkanes of at least 4 members (excludes halogenated alkanes) is 1. The second-order valence-electron chi connectivity index (χ2n) is 9.32. The molecule has 1 heterocycles. The lowest BCUT2D eigenvalue weighted by Gasteiger charge is -2.38. The molecule has 0 saturated heterocycles. The summed E-state index contributed by atoms with van der Waals surface area (Å²) in [6, 6.07) is 3.95. The summed E-state index contributed by atoms with van der Waals surface area (Å²) in [6.45, 7) is 12.7. The number of aromatic hydroxyl groups is 1. The zero-order valence-corrected chi connectivity index (χ0v) is 19.4. The second-order valence-corrected chi connectivity index (χ2v) is 11.4. The number of fused-ring (bicyclic) bond motifs is 3. The zero-order chi connectivity index (χ0) is 22.1. The molecule has 2 atom stereocenters. The van der Waals surface area contributed by atoms with Crippen molar-refractivity contribution in [3.8, 4) is 11.5 Å². The van der Waals surface area contributed by atoms with Crippen LogP contribution in [-0.4, -0.2) is 25.8 Å². The van der Waals surface area contributed by atoms with Gasteiger partial charge >= 0.3 is 0 Å². The molecule has 0 bridgehead atoms. The number of ether oxygens (including phenoxy) is 1. The first-order valence-corrected chi connectivity index (χ1v) is 12.6. The van der Waals surface area contributed by atoms with E-state index in [9.17, 15) is 13.5 Å². The van der Waals surface area contributed by atoms with E-state index in [2.05, 4.69) is 44.2 Å². The van der Waals surface area contributed by atoms with E-state index in [1.54, 1.807) is 6.92 Å². The second kappa shape index (κ2) is 8.75.